The second kappa shape index (κ2) is 9.36. The Morgan fingerprint density at radius 1 is 1.17 bits per heavy atom. The lowest BCUT2D eigenvalue weighted by Gasteiger charge is -2.08. The molecule has 30 heavy (non-hydrogen) atoms. The van der Waals surface area contributed by atoms with E-state index >= 15 is 0 Å². The maximum absolute atomic E-state index is 12.5. The van der Waals surface area contributed by atoms with Crippen molar-refractivity contribution in [2.45, 2.75) is 31.2 Å². The highest BCUT2D eigenvalue weighted by atomic mass is 32.2. The van der Waals surface area contributed by atoms with Crippen molar-refractivity contribution in [2.75, 3.05) is 17.7 Å². The molecular weight excluding hydrogens is 420 g/mol. The summed E-state index contributed by atoms with van der Waals surface area (Å²) in [5.41, 5.74) is 3.23. The van der Waals surface area contributed by atoms with E-state index < -0.39 is 0 Å². The Kier molecular flexibility index (Phi) is 6.39. The summed E-state index contributed by atoms with van der Waals surface area (Å²) in [5, 5.41) is 12.5. The fourth-order valence-electron chi connectivity index (χ4n) is 3.29. The molecule has 0 radical (unpaired) electrons. The lowest BCUT2D eigenvalue weighted by atomic mass is 10.1. The highest BCUT2D eigenvalue weighted by Crippen LogP contribution is 2.39. The minimum Gasteiger partial charge on any atom is -0.462 e. The van der Waals surface area contributed by atoms with Gasteiger partial charge in [0.25, 0.3) is 0 Å². The molecule has 0 unspecified atom stereocenters. The summed E-state index contributed by atoms with van der Waals surface area (Å²) in [6, 6.07) is 7.43. The number of fused-ring (bicyclic) bond motifs is 1. The zero-order valence-electron chi connectivity index (χ0n) is 16.4. The number of hydrogen-bond donors (Lipinski definition) is 1. The SMILES string of the molecule is CCOC(=O)c1c(NC(=O)CSc2ccc(-c3ccncc3)nn2)sc2c1CCC2. The highest BCUT2D eigenvalue weighted by molar-refractivity contribution is 7.99. The summed E-state index contributed by atoms with van der Waals surface area (Å²) >= 11 is 2.77. The monoisotopic (exact) mass is 440 g/mol. The third kappa shape index (κ3) is 4.52. The lowest BCUT2D eigenvalue weighted by Crippen LogP contribution is -2.16. The number of hydrogen-bond acceptors (Lipinski definition) is 8. The largest absolute Gasteiger partial charge is 0.462 e. The van der Waals surface area contributed by atoms with Crippen molar-refractivity contribution in [3.05, 3.63) is 52.7 Å². The molecule has 0 saturated carbocycles. The number of aryl methyl sites for hydroxylation is 1. The minimum atomic E-state index is -0.363. The number of nitrogens with zero attached hydrogens (tertiary/aromatic N) is 3. The van der Waals surface area contributed by atoms with Gasteiger partial charge in [0.1, 0.15) is 10.0 Å². The Hall–Kier alpha value is -2.78. The third-order valence-corrected chi connectivity index (χ3v) is 6.75. The Morgan fingerprint density at radius 2 is 2.00 bits per heavy atom. The normalized spacial score (nSPS) is 12.4. The number of nitrogens with one attached hydrogen (secondary N) is 1. The van der Waals surface area contributed by atoms with Crippen LogP contribution in [0.5, 0.6) is 0 Å². The zero-order chi connectivity index (χ0) is 20.9. The summed E-state index contributed by atoms with van der Waals surface area (Å²) in [6.07, 6.45) is 6.23. The number of carbonyl (C=O) groups excluding carboxylic acids is 2. The van der Waals surface area contributed by atoms with E-state index in [2.05, 4.69) is 20.5 Å². The number of aromatic nitrogens is 3. The highest BCUT2D eigenvalue weighted by Gasteiger charge is 2.28. The van der Waals surface area contributed by atoms with Crippen LogP contribution < -0.4 is 5.32 Å². The molecule has 0 atom stereocenters. The summed E-state index contributed by atoms with van der Waals surface area (Å²) in [7, 11) is 0. The molecule has 0 aliphatic heterocycles. The molecule has 0 spiro atoms. The standard InChI is InChI=1S/C21H20N4O3S2/c1-2-28-21(27)19-14-4-3-5-16(14)30-20(19)23-17(26)12-29-18-7-6-15(24-25-18)13-8-10-22-11-9-13/h6-11H,2-5,12H2,1H3,(H,23,26). The van der Waals surface area contributed by atoms with Crippen LogP contribution in [0.3, 0.4) is 0 Å². The quantitative estimate of drug-likeness (QED) is 0.438. The minimum absolute atomic E-state index is 0.175. The molecule has 1 aliphatic carbocycles. The van der Waals surface area contributed by atoms with Crippen LogP contribution in [-0.4, -0.2) is 39.4 Å². The molecule has 3 aromatic heterocycles. The second-order valence-corrected chi connectivity index (χ2v) is 8.71. The summed E-state index contributed by atoms with van der Waals surface area (Å²) in [5.74, 6) is -0.378. The Labute approximate surface area is 182 Å². The van der Waals surface area contributed by atoms with Crippen LogP contribution >= 0.6 is 23.1 Å². The van der Waals surface area contributed by atoms with E-state index in [1.54, 1.807) is 19.3 Å². The first-order valence-electron chi connectivity index (χ1n) is 9.64. The molecule has 0 bridgehead atoms. The molecule has 9 heteroatoms. The molecule has 3 aromatic rings. The first-order valence-corrected chi connectivity index (χ1v) is 11.4. The number of thiophene rings is 1. The van der Waals surface area contributed by atoms with Crippen LogP contribution in [0.25, 0.3) is 11.3 Å². The van der Waals surface area contributed by atoms with E-state index in [1.165, 1.54) is 28.0 Å². The summed E-state index contributed by atoms with van der Waals surface area (Å²) < 4.78 is 5.20. The van der Waals surface area contributed by atoms with E-state index in [4.69, 9.17) is 4.74 Å². The van der Waals surface area contributed by atoms with E-state index in [0.29, 0.717) is 22.2 Å². The third-order valence-electron chi connectivity index (χ3n) is 4.62. The Bertz CT molecular complexity index is 1050. The topological polar surface area (TPSA) is 94.1 Å². The number of rotatable bonds is 7. The van der Waals surface area contributed by atoms with Crippen molar-refractivity contribution in [2.24, 2.45) is 0 Å². The van der Waals surface area contributed by atoms with Crippen LogP contribution in [0.15, 0.2) is 41.7 Å². The molecule has 3 heterocycles. The van der Waals surface area contributed by atoms with Crippen LogP contribution in [-0.2, 0) is 22.4 Å². The fourth-order valence-corrected chi connectivity index (χ4v) is 5.19. The molecule has 1 amide bonds. The average Bonchev–Trinajstić information content (AvgIpc) is 3.34. The second-order valence-electron chi connectivity index (χ2n) is 6.61. The van der Waals surface area contributed by atoms with Crippen LogP contribution in [0.4, 0.5) is 5.00 Å². The van der Waals surface area contributed by atoms with Crippen molar-refractivity contribution >= 4 is 40.0 Å². The van der Waals surface area contributed by atoms with Gasteiger partial charge in [-0.25, -0.2) is 4.79 Å². The van der Waals surface area contributed by atoms with Gasteiger partial charge < -0.3 is 10.1 Å². The predicted octanol–water partition coefficient (Wildman–Crippen LogP) is 4.00. The molecule has 1 aliphatic rings. The van der Waals surface area contributed by atoms with E-state index in [9.17, 15) is 9.59 Å². The van der Waals surface area contributed by atoms with Gasteiger partial charge in [-0.05, 0) is 56.0 Å². The Morgan fingerprint density at radius 3 is 2.73 bits per heavy atom. The molecule has 0 aromatic carbocycles. The smallest absolute Gasteiger partial charge is 0.341 e. The molecule has 0 fully saturated rings. The van der Waals surface area contributed by atoms with Gasteiger partial charge in [0.2, 0.25) is 5.91 Å². The molecule has 154 valence electrons. The fraction of sp³-hybridized carbons (Fsp3) is 0.286. The predicted molar refractivity (Wildman–Crippen MR) is 117 cm³/mol. The molecular formula is C21H20N4O3S2. The van der Waals surface area contributed by atoms with Gasteiger partial charge in [0.05, 0.1) is 23.6 Å². The van der Waals surface area contributed by atoms with Crippen molar-refractivity contribution in [3.8, 4) is 11.3 Å². The van der Waals surface area contributed by atoms with E-state index in [-0.39, 0.29) is 17.6 Å². The van der Waals surface area contributed by atoms with Crippen molar-refractivity contribution in [1.82, 2.24) is 15.2 Å². The van der Waals surface area contributed by atoms with Crippen molar-refractivity contribution < 1.29 is 14.3 Å². The van der Waals surface area contributed by atoms with Gasteiger partial charge in [0.15, 0.2) is 0 Å². The zero-order valence-corrected chi connectivity index (χ0v) is 18.0. The summed E-state index contributed by atoms with van der Waals surface area (Å²) in [6.45, 7) is 2.08. The number of amides is 1. The van der Waals surface area contributed by atoms with Crippen molar-refractivity contribution in [3.63, 3.8) is 0 Å². The number of carbonyl (C=O) groups is 2. The van der Waals surface area contributed by atoms with E-state index in [1.807, 2.05) is 24.3 Å². The first-order chi connectivity index (χ1) is 14.7. The van der Waals surface area contributed by atoms with Crippen LogP contribution in [0, 0.1) is 0 Å². The van der Waals surface area contributed by atoms with Gasteiger partial charge in [0, 0.05) is 22.8 Å². The first kappa shape index (κ1) is 20.5. The number of pyridine rings is 1. The maximum atomic E-state index is 12.5. The molecule has 7 nitrogen and oxygen atoms in total. The van der Waals surface area contributed by atoms with Gasteiger partial charge in [-0.15, -0.1) is 21.5 Å². The maximum Gasteiger partial charge on any atom is 0.341 e. The average molecular weight is 441 g/mol. The number of thioether (sulfide) groups is 1. The van der Waals surface area contributed by atoms with Crippen molar-refractivity contribution in [1.29, 1.82) is 0 Å². The van der Waals surface area contributed by atoms with E-state index in [0.717, 1.165) is 36.1 Å². The van der Waals surface area contributed by atoms with Crippen LogP contribution in [0.2, 0.25) is 0 Å². The lowest BCUT2D eigenvalue weighted by molar-refractivity contribution is -0.113. The van der Waals surface area contributed by atoms with Gasteiger partial charge in [-0.1, -0.05) is 11.8 Å². The Balaban J connectivity index is 1.39. The van der Waals surface area contributed by atoms with Gasteiger partial charge in [-0.3, -0.25) is 9.78 Å². The van der Waals surface area contributed by atoms with Gasteiger partial charge in [-0.2, -0.15) is 0 Å². The van der Waals surface area contributed by atoms with Crippen LogP contribution in [0.1, 0.15) is 34.1 Å². The number of esters is 1. The number of ether oxygens (including phenoxy) is 1. The molecule has 0 saturated heterocycles. The molecule has 1 N–H and O–H groups in total. The molecule has 4 rings (SSSR count). The summed E-state index contributed by atoms with van der Waals surface area (Å²) in [4.78, 5) is 30.1. The van der Waals surface area contributed by atoms with Gasteiger partial charge >= 0.3 is 5.97 Å². The number of anilines is 1.